The van der Waals surface area contributed by atoms with Gasteiger partial charge < -0.3 is 37.6 Å². The van der Waals surface area contributed by atoms with Gasteiger partial charge >= 0.3 is 5.97 Å². The highest BCUT2D eigenvalue weighted by Crippen LogP contribution is 2.11. The molecule has 0 spiro atoms. The fourth-order valence-corrected chi connectivity index (χ4v) is 2.76. The molecule has 0 fully saturated rings. The summed E-state index contributed by atoms with van der Waals surface area (Å²) in [7, 11) is 0. The molecule has 0 aromatic heterocycles. The number of carboxylic acids is 1. The van der Waals surface area contributed by atoms with Gasteiger partial charge in [-0.3, -0.25) is 19.2 Å². The molecular weight excluding hydrogens is 442 g/mol. The average Bonchev–Trinajstić information content (AvgIpc) is 2.74. The number of nitrogens with one attached hydrogen (secondary N) is 3. The van der Waals surface area contributed by atoms with E-state index in [0.717, 1.165) is 0 Å². The van der Waals surface area contributed by atoms with E-state index < -0.39 is 54.3 Å². The van der Waals surface area contributed by atoms with Gasteiger partial charge in [-0.1, -0.05) is 12.1 Å². The van der Waals surface area contributed by atoms with Crippen LogP contribution in [0.4, 0.5) is 0 Å². The van der Waals surface area contributed by atoms with Crippen LogP contribution in [0.3, 0.4) is 0 Å². The molecule has 1 aromatic carbocycles. The van der Waals surface area contributed by atoms with Crippen molar-refractivity contribution in [2.75, 3.05) is 12.3 Å². The Morgan fingerprint density at radius 2 is 1.62 bits per heavy atom. The van der Waals surface area contributed by atoms with E-state index in [1.54, 1.807) is 0 Å². The van der Waals surface area contributed by atoms with Crippen LogP contribution in [-0.2, 0) is 30.4 Å². The van der Waals surface area contributed by atoms with E-state index in [1.165, 1.54) is 24.3 Å². The number of primary amides is 1. The smallest absolute Gasteiger partial charge is 0.326 e. The van der Waals surface area contributed by atoms with Gasteiger partial charge in [-0.15, -0.1) is 0 Å². The average molecular weight is 470 g/mol. The molecule has 32 heavy (non-hydrogen) atoms. The van der Waals surface area contributed by atoms with Crippen molar-refractivity contribution in [1.82, 2.24) is 16.0 Å². The third-order valence-corrected chi connectivity index (χ3v) is 4.65. The summed E-state index contributed by atoms with van der Waals surface area (Å²) in [5.41, 5.74) is 11.2. The number of benzene rings is 1. The van der Waals surface area contributed by atoms with Crippen LogP contribution < -0.4 is 27.4 Å². The van der Waals surface area contributed by atoms with Crippen molar-refractivity contribution < 1.29 is 34.2 Å². The Morgan fingerprint density at radius 3 is 2.16 bits per heavy atom. The Labute approximate surface area is 189 Å². The van der Waals surface area contributed by atoms with E-state index in [1.807, 2.05) is 0 Å². The molecule has 4 amide bonds. The number of aliphatic carboxylic acids is 1. The number of amides is 4. The van der Waals surface area contributed by atoms with Crippen molar-refractivity contribution in [2.45, 2.75) is 37.4 Å². The molecule has 1 rings (SSSR count). The topological polar surface area (TPSA) is 214 Å². The molecule has 12 nitrogen and oxygen atoms in total. The van der Waals surface area contributed by atoms with Crippen molar-refractivity contribution in [2.24, 2.45) is 11.5 Å². The van der Waals surface area contributed by atoms with Crippen LogP contribution in [0.5, 0.6) is 5.75 Å². The SMILES string of the molecule is NC(=O)CCC(N)C(=O)NC(CS)C(=O)NCC(=O)NC(Cc1ccc(O)cc1)C(=O)O. The second-order valence-corrected chi connectivity index (χ2v) is 7.27. The van der Waals surface area contributed by atoms with Crippen LogP contribution in [-0.4, -0.2) is 70.2 Å². The van der Waals surface area contributed by atoms with Gasteiger partial charge in [-0.25, -0.2) is 4.79 Å². The monoisotopic (exact) mass is 469 g/mol. The third kappa shape index (κ3) is 9.66. The molecule has 0 bridgehead atoms. The summed E-state index contributed by atoms with van der Waals surface area (Å²) in [6, 6.07) is 2.40. The zero-order valence-corrected chi connectivity index (χ0v) is 18.0. The molecule has 3 unspecified atom stereocenters. The van der Waals surface area contributed by atoms with E-state index in [9.17, 15) is 34.2 Å². The lowest BCUT2D eigenvalue weighted by Gasteiger charge is -2.19. The maximum atomic E-state index is 12.2. The lowest BCUT2D eigenvalue weighted by molar-refractivity contribution is -0.141. The fourth-order valence-electron chi connectivity index (χ4n) is 2.51. The second kappa shape index (κ2) is 13.2. The Hall–Kier alpha value is -3.32. The van der Waals surface area contributed by atoms with Crippen molar-refractivity contribution in [3.63, 3.8) is 0 Å². The number of phenolic OH excluding ortho intramolecular Hbond substituents is 1. The van der Waals surface area contributed by atoms with Gasteiger partial charge in [0.25, 0.3) is 0 Å². The van der Waals surface area contributed by atoms with Crippen molar-refractivity contribution in [1.29, 1.82) is 0 Å². The number of carbonyl (C=O) groups excluding carboxylic acids is 4. The summed E-state index contributed by atoms with van der Waals surface area (Å²) in [4.78, 5) is 58.6. The molecule has 1 aromatic rings. The van der Waals surface area contributed by atoms with Crippen LogP contribution in [0.25, 0.3) is 0 Å². The summed E-state index contributed by atoms with van der Waals surface area (Å²) in [6.45, 7) is -0.536. The highest BCUT2D eigenvalue weighted by molar-refractivity contribution is 7.80. The van der Waals surface area contributed by atoms with E-state index in [2.05, 4.69) is 28.6 Å². The molecule has 0 aliphatic rings. The van der Waals surface area contributed by atoms with E-state index in [0.29, 0.717) is 5.56 Å². The molecule has 0 saturated heterocycles. The van der Waals surface area contributed by atoms with Gasteiger partial charge in [0.15, 0.2) is 0 Å². The first-order valence-corrected chi connectivity index (χ1v) is 10.2. The molecule has 0 heterocycles. The summed E-state index contributed by atoms with van der Waals surface area (Å²) < 4.78 is 0. The summed E-state index contributed by atoms with van der Waals surface area (Å²) in [5, 5.41) is 25.5. The van der Waals surface area contributed by atoms with E-state index >= 15 is 0 Å². The highest BCUT2D eigenvalue weighted by atomic mass is 32.1. The first-order valence-electron chi connectivity index (χ1n) is 9.56. The maximum Gasteiger partial charge on any atom is 0.326 e. The summed E-state index contributed by atoms with van der Waals surface area (Å²) in [5.74, 6) is -4.14. The molecule has 3 atom stereocenters. The normalized spacial score (nSPS) is 13.3. The number of thiol groups is 1. The molecule has 13 heteroatoms. The highest BCUT2D eigenvalue weighted by Gasteiger charge is 2.24. The standard InChI is InChI=1S/C19H27N5O7S/c20-12(5-6-15(21)26)17(28)24-14(9-32)18(29)22-8-16(27)23-13(19(30)31)7-10-1-3-11(25)4-2-10/h1-4,12-14,25,32H,5-9,20H2,(H2,21,26)(H,22,29)(H,23,27)(H,24,28)(H,30,31). The minimum absolute atomic E-state index is 0.00207. The number of rotatable bonds is 13. The first-order chi connectivity index (χ1) is 15.0. The van der Waals surface area contributed by atoms with Gasteiger partial charge in [-0.2, -0.15) is 12.6 Å². The van der Waals surface area contributed by atoms with Gasteiger partial charge in [0.1, 0.15) is 17.8 Å². The maximum absolute atomic E-state index is 12.2. The summed E-state index contributed by atoms with van der Waals surface area (Å²) >= 11 is 3.99. The van der Waals surface area contributed by atoms with Crippen LogP contribution in [0, 0.1) is 0 Å². The Bertz CT molecular complexity index is 834. The first kappa shape index (κ1) is 26.7. The van der Waals surface area contributed by atoms with Crippen molar-refractivity contribution >= 4 is 42.2 Å². The minimum Gasteiger partial charge on any atom is -0.508 e. The van der Waals surface area contributed by atoms with Gasteiger partial charge in [0.2, 0.25) is 23.6 Å². The van der Waals surface area contributed by atoms with Crippen molar-refractivity contribution in [3.8, 4) is 5.75 Å². The number of hydrogen-bond acceptors (Lipinski definition) is 8. The van der Waals surface area contributed by atoms with Gasteiger partial charge in [0, 0.05) is 18.6 Å². The van der Waals surface area contributed by atoms with Crippen LogP contribution in [0.2, 0.25) is 0 Å². The molecule has 0 radical (unpaired) electrons. The second-order valence-electron chi connectivity index (χ2n) is 6.90. The number of nitrogens with two attached hydrogens (primary N) is 2. The number of hydrogen-bond donors (Lipinski definition) is 8. The van der Waals surface area contributed by atoms with E-state index in [4.69, 9.17) is 11.5 Å². The minimum atomic E-state index is -1.27. The largest absolute Gasteiger partial charge is 0.508 e. The molecule has 176 valence electrons. The third-order valence-electron chi connectivity index (χ3n) is 4.29. The molecule has 0 aliphatic carbocycles. The quantitative estimate of drug-likeness (QED) is 0.146. The number of carbonyl (C=O) groups is 5. The lowest BCUT2D eigenvalue weighted by Crippen LogP contribution is -2.54. The molecule has 9 N–H and O–H groups in total. The van der Waals surface area contributed by atoms with Gasteiger partial charge in [0.05, 0.1) is 12.6 Å². The van der Waals surface area contributed by atoms with Crippen LogP contribution in [0.15, 0.2) is 24.3 Å². The molecular formula is C19H27N5O7S. The Kier molecular flexibility index (Phi) is 11.0. The van der Waals surface area contributed by atoms with Gasteiger partial charge in [-0.05, 0) is 24.1 Å². The molecule has 0 saturated carbocycles. The lowest BCUT2D eigenvalue weighted by atomic mass is 10.1. The number of carboxylic acid groups (broad SMARTS) is 1. The number of phenols is 1. The Morgan fingerprint density at radius 1 is 1.00 bits per heavy atom. The van der Waals surface area contributed by atoms with Crippen molar-refractivity contribution in [3.05, 3.63) is 29.8 Å². The summed E-state index contributed by atoms with van der Waals surface area (Å²) in [6.07, 6.45) is -0.128. The predicted molar refractivity (Wildman–Crippen MR) is 117 cm³/mol. The molecule has 0 aliphatic heterocycles. The Balaban J connectivity index is 2.55. The number of aromatic hydroxyl groups is 1. The predicted octanol–water partition coefficient (Wildman–Crippen LogP) is -2.37. The zero-order chi connectivity index (χ0) is 24.3. The zero-order valence-electron chi connectivity index (χ0n) is 17.1. The van der Waals surface area contributed by atoms with Crippen LogP contribution in [0.1, 0.15) is 18.4 Å². The van der Waals surface area contributed by atoms with E-state index in [-0.39, 0.29) is 30.8 Å². The van der Waals surface area contributed by atoms with Crippen LogP contribution >= 0.6 is 12.6 Å². The fraction of sp³-hybridized carbons (Fsp3) is 0.421.